The van der Waals surface area contributed by atoms with Crippen molar-refractivity contribution in [3.63, 3.8) is 0 Å². The van der Waals surface area contributed by atoms with Crippen LogP contribution in [-0.2, 0) is 7.05 Å². The van der Waals surface area contributed by atoms with Crippen LogP contribution in [0.1, 0.15) is 16.9 Å². The van der Waals surface area contributed by atoms with Crippen LogP contribution in [0.25, 0.3) is 22.8 Å². The maximum Gasteiger partial charge on any atom is 0.258 e. The number of thiol groups is 1. The first-order valence-electron chi connectivity index (χ1n) is 7.96. The van der Waals surface area contributed by atoms with Crippen LogP contribution in [0.2, 0.25) is 10.0 Å². The van der Waals surface area contributed by atoms with E-state index >= 15 is 0 Å². The SMILES string of the molecule is Cn1c(-c2cccc(Cl)c2)nnc1C(S)c1noc(-c2cccc(Cl)c2)n1. The minimum Gasteiger partial charge on any atom is -0.334 e. The van der Waals surface area contributed by atoms with Crippen molar-refractivity contribution in [3.05, 3.63) is 70.2 Å². The zero-order valence-electron chi connectivity index (χ0n) is 14.0. The summed E-state index contributed by atoms with van der Waals surface area (Å²) in [5, 5.41) is 13.2. The Bertz CT molecular complexity index is 1110. The van der Waals surface area contributed by atoms with Crippen LogP contribution < -0.4 is 0 Å². The van der Waals surface area contributed by atoms with Crippen molar-refractivity contribution in [2.75, 3.05) is 0 Å². The summed E-state index contributed by atoms with van der Waals surface area (Å²) < 4.78 is 7.18. The number of hydrogen-bond donors (Lipinski definition) is 1. The highest BCUT2D eigenvalue weighted by atomic mass is 35.5. The van der Waals surface area contributed by atoms with Gasteiger partial charge in [0.1, 0.15) is 5.25 Å². The molecular formula is C18H13Cl2N5OS. The average Bonchev–Trinajstić information content (AvgIpc) is 3.28. The van der Waals surface area contributed by atoms with E-state index in [2.05, 4.69) is 33.0 Å². The van der Waals surface area contributed by atoms with Crippen molar-refractivity contribution in [3.8, 4) is 22.8 Å². The van der Waals surface area contributed by atoms with Gasteiger partial charge in [0, 0.05) is 28.2 Å². The molecule has 1 unspecified atom stereocenters. The van der Waals surface area contributed by atoms with Gasteiger partial charge in [0.2, 0.25) is 0 Å². The minimum atomic E-state index is -0.507. The van der Waals surface area contributed by atoms with Crippen molar-refractivity contribution in [1.29, 1.82) is 0 Å². The molecule has 0 spiro atoms. The summed E-state index contributed by atoms with van der Waals surface area (Å²) in [7, 11) is 1.85. The molecule has 1 atom stereocenters. The first-order valence-corrected chi connectivity index (χ1v) is 9.23. The lowest BCUT2D eigenvalue weighted by Crippen LogP contribution is -2.05. The van der Waals surface area contributed by atoms with Crippen LogP contribution >= 0.6 is 35.8 Å². The number of rotatable bonds is 4. The molecule has 136 valence electrons. The van der Waals surface area contributed by atoms with Gasteiger partial charge in [0.15, 0.2) is 17.5 Å². The second-order valence-corrected chi connectivity index (χ2v) is 7.21. The van der Waals surface area contributed by atoms with Gasteiger partial charge in [0.05, 0.1) is 0 Å². The summed E-state index contributed by atoms with van der Waals surface area (Å²) in [6.07, 6.45) is 0. The number of nitrogens with zero attached hydrogens (tertiary/aromatic N) is 5. The van der Waals surface area contributed by atoms with Gasteiger partial charge in [-0.1, -0.05) is 46.6 Å². The molecule has 2 aromatic carbocycles. The molecule has 0 aliphatic carbocycles. The molecule has 27 heavy (non-hydrogen) atoms. The molecule has 0 bridgehead atoms. The third-order valence-electron chi connectivity index (χ3n) is 3.99. The van der Waals surface area contributed by atoms with E-state index < -0.39 is 5.25 Å². The zero-order valence-corrected chi connectivity index (χ0v) is 16.4. The average molecular weight is 418 g/mol. The van der Waals surface area contributed by atoms with E-state index in [4.69, 9.17) is 27.7 Å². The first-order chi connectivity index (χ1) is 13.0. The van der Waals surface area contributed by atoms with Crippen molar-refractivity contribution >= 4 is 35.8 Å². The second kappa shape index (κ2) is 7.34. The topological polar surface area (TPSA) is 69.6 Å². The lowest BCUT2D eigenvalue weighted by molar-refractivity contribution is 0.423. The second-order valence-electron chi connectivity index (χ2n) is 5.82. The van der Waals surface area contributed by atoms with Gasteiger partial charge in [-0.2, -0.15) is 17.6 Å². The van der Waals surface area contributed by atoms with Gasteiger partial charge in [-0.3, -0.25) is 0 Å². The molecule has 4 rings (SSSR count). The van der Waals surface area contributed by atoms with Crippen molar-refractivity contribution in [2.45, 2.75) is 5.25 Å². The Balaban J connectivity index is 1.65. The van der Waals surface area contributed by atoms with Crippen LogP contribution in [0.5, 0.6) is 0 Å². The number of hydrogen-bond acceptors (Lipinski definition) is 6. The van der Waals surface area contributed by atoms with Crippen molar-refractivity contribution in [2.24, 2.45) is 7.05 Å². The monoisotopic (exact) mass is 417 g/mol. The van der Waals surface area contributed by atoms with Gasteiger partial charge in [-0.25, -0.2) is 0 Å². The van der Waals surface area contributed by atoms with Gasteiger partial charge < -0.3 is 9.09 Å². The Hall–Kier alpha value is -2.35. The smallest absolute Gasteiger partial charge is 0.258 e. The third kappa shape index (κ3) is 3.58. The quantitative estimate of drug-likeness (QED) is 0.480. The van der Waals surface area contributed by atoms with Crippen molar-refractivity contribution in [1.82, 2.24) is 24.9 Å². The third-order valence-corrected chi connectivity index (χ3v) is 4.93. The first kappa shape index (κ1) is 18.0. The summed E-state index contributed by atoms with van der Waals surface area (Å²) in [5.41, 5.74) is 1.59. The van der Waals surface area contributed by atoms with Gasteiger partial charge in [-0.15, -0.1) is 10.2 Å². The predicted octanol–water partition coefficient (Wildman–Crippen LogP) is 4.86. The van der Waals surface area contributed by atoms with E-state index in [1.165, 1.54) is 0 Å². The molecular weight excluding hydrogens is 405 g/mol. The zero-order chi connectivity index (χ0) is 19.0. The largest absolute Gasteiger partial charge is 0.334 e. The molecule has 0 fully saturated rings. The molecule has 0 amide bonds. The van der Waals surface area contributed by atoms with E-state index in [0.29, 0.717) is 33.4 Å². The lowest BCUT2D eigenvalue weighted by Gasteiger charge is -2.07. The highest BCUT2D eigenvalue weighted by Crippen LogP contribution is 2.30. The Kier molecular flexibility index (Phi) is 4.90. The molecule has 2 aromatic heterocycles. The van der Waals surface area contributed by atoms with Crippen LogP contribution in [-0.4, -0.2) is 24.9 Å². The van der Waals surface area contributed by atoms with Crippen molar-refractivity contribution < 1.29 is 4.52 Å². The molecule has 0 N–H and O–H groups in total. The Morgan fingerprint density at radius 3 is 2.37 bits per heavy atom. The molecule has 0 radical (unpaired) electrons. The fourth-order valence-electron chi connectivity index (χ4n) is 2.66. The van der Waals surface area contributed by atoms with Gasteiger partial charge in [-0.05, 0) is 30.3 Å². The van der Waals surface area contributed by atoms with Crippen LogP contribution in [0.15, 0.2) is 53.1 Å². The number of halogens is 2. The van der Waals surface area contributed by atoms with Crippen LogP contribution in [0.4, 0.5) is 0 Å². The standard InChI is InChI=1S/C18H13Cl2N5OS/c1-25-16(10-4-2-6-12(19)8-10)22-23-17(25)14(27)15-21-18(26-24-15)11-5-3-7-13(20)9-11/h2-9,14,27H,1H3. The number of aromatic nitrogens is 5. The minimum absolute atomic E-state index is 0.365. The lowest BCUT2D eigenvalue weighted by atomic mass is 10.2. The van der Waals surface area contributed by atoms with Crippen LogP contribution in [0.3, 0.4) is 0 Å². The highest BCUT2D eigenvalue weighted by Gasteiger charge is 2.24. The summed E-state index contributed by atoms with van der Waals surface area (Å²) in [5.74, 6) is 2.02. The van der Waals surface area contributed by atoms with Crippen LogP contribution in [0, 0.1) is 0 Å². The summed E-state index contributed by atoms with van der Waals surface area (Å²) in [4.78, 5) is 4.42. The number of benzene rings is 2. The molecule has 6 nitrogen and oxygen atoms in total. The van der Waals surface area contributed by atoms with E-state index in [0.717, 1.165) is 11.1 Å². The van der Waals surface area contributed by atoms with Gasteiger partial charge >= 0.3 is 0 Å². The summed E-state index contributed by atoms with van der Waals surface area (Å²) in [6, 6.07) is 14.6. The van der Waals surface area contributed by atoms with Gasteiger partial charge in [0.25, 0.3) is 5.89 Å². The van der Waals surface area contributed by atoms with E-state index in [9.17, 15) is 0 Å². The van der Waals surface area contributed by atoms with E-state index in [-0.39, 0.29) is 0 Å². The maximum absolute atomic E-state index is 6.07. The summed E-state index contributed by atoms with van der Waals surface area (Å²) in [6.45, 7) is 0. The Labute approximate surface area is 170 Å². The van der Waals surface area contributed by atoms with E-state index in [1.807, 2.05) is 41.9 Å². The maximum atomic E-state index is 6.07. The Morgan fingerprint density at radius 2 is 1.67 bits per heavy atom. The molecule has 0 aliphatic heterocycles. The fraction of sp³-hybridized carbons (Fsp3) is 0.111. The summed E-state index contributed by atoms with van der Waals surface area (Å²) >= 11 is 16.7. The fourth-order valence-corrected chi connectivity index (χ4v) is 3.37. The highest BCUT2D eigenvalue weighted by molar-refractivity contribution is 7.80. The molecule has 0 saturated carbocycles. The predicted molar refractivity (Wildman–Crippen MR) is 107 cm³/mol. The normalized spacial score (nSPS) is 12.3. The Morgan fingerprint density at radius 1 is 1.00 bits per heavy atom. The molecule has 0 saturated heterocycles. The van der Waals surface area contributed by atoms with E-state index in [1.54, 1.807) is 18.2 Å². The molecule has 2 heterocycles. The molecule has 4 aromatic rings. The molecule has 0 aliphatic rings. The molecule has 9 heteroatoms.